The van der Waals surface area contributed by atoms with Crippen molar-refractivity contribution in [3.63, 3.8) is 0 Å². The van der Waals surface area contributed by atoms with Gasteiger partial charge in [0.1, 0.15) is 5.75 Å². The van der Waals surface area contributed by atoms with Crippen molar-refractivity contribution in [3.05, 3.63) is 28.2 Å². The molecule has 2 rings (SSSR count). The number of nitrogens with zero attached hydrogens (tertiary/aromatic N) is 1. The zero-order valence-electron chi connectivity index (χ0n) is 11.9. The Kier molecular flexibility index (Phi) is 4.58. The van der Waals surface area contributed by atoms with Crippen LogP contribution in [0.5, 0.6) is 5.75 Å². The van der Waals surface area contributed by atoms with Crippen LogP contribution in [-0.2, 0) is 0 Å². The van der Waals surface area contributed by atoms with Gasteiger partial charge in [0.2, 0.25) is 0 Å². The van der Waals surface area contributed by atoms with Crippen molar-refractivity contribution in [2.45, 2.75) is 45.6 Å². The van der Waals surface area contributed by atoms with Crippen molar-refractivity contribution in [2.24, 2.45) is 16.3 Å². The van der Waals surface area contributed by atoms with Gasteiger partial charge in [-0.05, 0) is 59.2 Å². The highest BCUT2D eigenvalue weighted by molar-refractivity contribution is 9.10. The molecule has 0 spiro atoms. The summed E-state index contributed by atoms with van der Waals surface area (Å²) < 4.78 is 6.85. The molecule has 0 unspecified atom stereocenters. The molecule has 0 radical (unpaired) electrons. The topological polar surface area (TPSA) is 67.8 Å². The monoisotopic (exact) mass is 340 g/mol. The van der Waals surface area contributed by atoms with Crippen molar-refractivity contribution in [1.82, 2.24) is 0 Å². The van der Waals surface area contributed by atoms with Crippen LogP contribution in [-0.4, -0.2) is 17.1 Å². The van der Waals surface area contributed by atoms with E-state index in [9.17, 15) is 0 Å². The van der Waals surface area contributed by atoms with Gasteiger partial charge < -0.3 is 15.7 Å². The van der Waals surface area contributed by atoms with Crippen molar-refractivity contribution < 1.29 is 9.94 Å². The average Bonchev–Trinajstić information content (AvgIpc) is 2.41. The van der Waals surface area contributed by atoms with E-state index in [1.807, 2.05) is 18.2 Å². The fraction of sp³-hybridized carbons (Fsp3) is 0.533. The Hall–Kier alpha value is -1.23. The molecule has 0 bridgehead atoms. The van der Waals surface area contributed by atoms with Gasteiger partial charge in [-0.2, -0.15) is 0 Å². The minimum Gasteiger partial charge on any atom is -0.490 e. The Balaban J connectivity index is 2.16. The van der Waals surface area contributed by atoms with Crippen LogP contribution in [0, 0.1) is 5.41 Å². The molecule has 0 aromatic heterocycles. The zero-order valence-corrected chi connectivity index (χ0v) is 13.5. The first-order valence-corrected chi connectivity index (χ1v) is 7.65. The summed E-state index contributed by atoms with van der Waals surface area (Å²) >= 11 is 3.42. The fourth-order valence-electron chi connectivity index (χ4n) is 2.57. The van der Waals surface area contributed by atoms with Crippen LogP contribution in [0.1, 0.15) is 45.1 Å². The second kappa shape index (κ2) is 6.04. The molecule has 5 heteroatoms. The smallest absolute Gasteiger partial charge is 0.174 e. The minimum atomic E-state index is 0.0589. The van der Waals surface area contributed by atoms with E-state index in [1.54, 1.807) is 0 Å². The van der Waals surface area contributed by atoms with Crippen molar-refractivity contribution in [2.75, 3.05) is 0 Å². The van der Waals surface area contributed by atoms with Gasteiger partial charge in [0.05, 0.1) is 11.7 Å². The summed E-state index contributed by atoms with van der Waals surface area (Å²) in [5, 5.41) is 12.0. The number of rotatable bonds is 3. The highest BCUT2D eigenvalue weighted by Gasteiger charge is 2.28. The molecule has 1 saturated carbocycles. The fourth-order valence-corrected chi connectivity index (χ4v) is 3.12. The van der Waals surface area contributed by atoms with Crippen molar-refractivity contribution >= 4 is 21.8 Å². The summed E-state index contributed by atoms with van der Waals surface area (Å²) in [6, 6.07) is 5.60. The molecule has 1 aromatic rings. The van der Waals surface area contributed by atoms with Crippen LogP contribution in [0.25, 0.3) is 0 Å². The summed E-state index contributed by atoms with van der Waals surface area (Å²) in [4.78, 5) is 0. The molecule has 20 heavy (non-hydrogen) atoms. The summed E-state index contributed by atoms with van der Waals surface area (Å²) in [6.45, 7) is 4.59. The lowest BCUT2D eigenvalue weighted by atomic mass is 9.76. The Morgan fingerprint density at radius 3 is 2.65 bits per heavy atom. The standard InChI is InChI=1S/C15H21BrN2O2/c1-15(2)8-6-10(7-9-15)20-12-5-3-4-11(16)13(12)14(17)18-19/h3-5,10,19H,6-9H2,1-2H3,(H2,17,18). The van der Waals surface area contributed by atoms with Gasteiger partial charge in [-0.15, -0.1) is 0 Å². The summed E-state index contributed by atoms with van der Waals surface area (Å²) in [5.74, 6) is 0.725. The Morgan fingerprint density at radius 1 is 1.40 bits per heavy atom. The van der Waals surface area contributed by atoms with Gasteiger partial charge in [0.15, 0.2) is 5.84 Å². The lowest BCUT2D eigenvalue weighted by Crippen LogP contribution is -2.29. The van der Waals surface area contributed by atoms with Crippen molar-refractivity contribution in [1.29, 1.82) is 0 Å². The molecule has 1 aliphatic rings. The maximum Gasteiger partial charge on any atom is 0.174 e. The quantitative estimate of drug-likeness (QED) is 0.379. The number of halogens is 1. The number of oxime groups is 1. The molecule has 3 N–H and O–H groups in total. The van der Waals surface area contributed by atoms with Gasteiger partial charge in [-0.1, -0.05) is 25.1 Å². The molecule has 0 saturated heterocycles. The number of benzene rings is 1. The molecule has 0 heterocycles. The normalized spacial score (nSPS) is 19.9. The predicted octanol–water partition coefficient (Wildman–Crippen LogP) is 3.89. The van der Waals surface area contributed by atoms with Crippen LogP contribution in [0.15, 0.2) is 27.8 Å². The molecular formula is C15H21BrN2O2. The number of amidine groups is 1. The van der Waals surface area contributed by atoms with Crippen molar-refractivity contribution in [3.8, 4) is 5.75 Å². The summed E-state index contributed by atoms with van der Waals surface area (Å²) in [7, 11) is 0. The zero-order chi connectivity index (χ0) is 14.8. The molecule has 1 aromatic carbocycles. The van der Waals surface area contributed by atoms with E-state index in [4.69, 9.17) is 15.7 Å². The Labute approximate surface area is 128 Å². The third kappa shape index (κ3) is 3.45. The second-order valence-corrected chi connectivity index (χ2v) is 6.93. The second-order valence-electron chi connectivity index (χ2n) is 6.08. The van der Waals surface area contributed by atoms with E-state index in [0.717, 1.165) is 30.2 Å². The SMILES string of the molecule is CC1(C)CCC(Oc2cccc(Br)c2/C(N)=N/O)CC1. The molecule has 0 atom stereocenters. The average molecular weight is 341 g/mol. The molecule has 0 aliphatic heterocycles. The molecular weight excluding hydrogens is 320 g/mol. The van der Waals surface area contributed by atoms with E-state index < -0.39 is 0 Å². The molecule has 110 valence electrons. The van der Waals surface area contributed by atoms with E-state index in [-0.39, 0.29) is 11.9 Å². The third-order valence-electron chi connectivity index (χ3n) is 3.92. The van der Waals surface area contributed by atoms with Crippen LogP contribution in [0.2, 0.25) is 0 Å². The first-order valence-electron chi connectivity index (χ1n) is 6.86. The number of nitrogens with two attached hydrogens (primary N) is 1. The molecule has 1 aliphatic carbocycles. The first-order chi connectivity index (χ1) is 9.43. The lowest BCUT2D eigenvalue weighted by Gasteiger charge is -2.34. The molecule has 0 amide bonds. The van der Waals surface area contributed by atoms with Gasteiger partial charge in [0, 0.05) is 4.47 Å². The van der Waals surface area contributed by atoms with Crippen LogP contribution in [0.4, 0.5) is 0 Å². The largest absolute Gasteiger partial charge is 0.490 e. The Morgan fingerprint density at radius 2 is 2.05 bits per heavy atom. The molecule has 4 nitrogen and oxygen atoms in total. The first kappa shape index (κ1) is 15.2. The summed E-state index contributed by atoms with van der Waals surface area (Å²) in [5.41, 5.74) is 6.75. The maximum atomic E-state index is 8.90. The highest BCUT2D eigenvalue weighted by Crippen LogP contribution is 2.37. The van der Waals surface area contributed by atoms with E-state index in [0.29, 0.717) is 16.7 Å². The predicted molar refractivity (Wildman–Crippen MR) is 83.3 cm³/mol. The summed E-state index contributed by atoms with van der Waals surface area (Å²) in [6.07, 6.45) is 4.59. The van der Waals surface area contributed by atoms with Crippen LogP contribution in [0.3, 0.4) is 0 Å². The van der Waals surface area contributed by atoms with E-state index in [1.165, 1.54) is 0 Å². The van der Waals surface area contributed by atoms with E-state index in [2.05, 4.69) is 34.9 Å². The van der Waals surface area contributed by atoms with Gasteiger partial charge in [-0.3, -0.25) is 0 Å². The third-order valence-corrected chi connectivity index (χ3v) is 4.58. The van der Waals surface area contributed by atoms with Gasteiger partial charge in [-0.25, -0.2) is 0 Å². The number of hydrogen-bond donors (Lipinski definition) is 2. The number of hydrogen-bond acceptors (Lipinski definition) is 3. The number of ether oxygens (including phenoxy) is 1. The highest BCUT2D eigenvalue weighted by atomic mass is 79.9. The Bertz CT molecular complexity index is 505. The maximum absolute atomic E-state index is 8.90. The lowest BCUT2D eigenvalue weighted by molar-refractivity contribution is 0.0985. The van der Waals surface area contributed by atoms with Gasteiger partial charge in [0.25, 0.3) is 0 Å². The molecule has 1 fully saturated rings. The van der Waals surface area contributed by atoms with Gasteiger partial charge >= 0.3 is 0 Å². The van der Waals surface area contributed by atoms with Crippen LogP contribution < -0.4 is 10.5 Å². The van der Waals surface area contributed by atoms with Crippen LogP contribution >= 0.6 is 15.9 Å². The van der Waals surface area contributed by atoms with E-state index >= 15 is 0 Å². The minimum absolute atomic E-state index is 0.0589.